The molecule has 27 heavy (non-hydrogen) atoms. The Morgan fingerprint density at radius 3 is 2.33 bits per heavy atom. The summed E-state index contributed by atoms with van der Waals surface area (Å²) >= 11 is 0. The summed E-state index contributed by atoms with van der Waals surface area (Å²) in [7, 11) is 1.73. The highest BCUT2D eigenvalue weighted by Crippen LogP contribution is 2.38. The summed E-state index contributed by atoms with van der Waals surface area (Å²) in [4.78, 5) is 2.50. The molecule has 2 aromatic rings. The Labute approximate surface area is 162 Å². The monoisotopic (exact) mass is 370 g/mol. The van der Waals surface area contributed by atoms with Crippen molar-refractivity contribution in [2.24, 2.45) is 0 Å². The number of nitrogens with zero attached hydrogens (tertiary/aromatic N) is 1. The number of benzene rings is 2. The molecular weight excluding hydrogens is 340 g/mol. The Morgan fingerprint density at radius 2 is 1.63 bits per heavy atom. The standard InChI is InChI=1S/C22H30N2O3/c1-4-26-20-11-10-17(16-21(20)27-5-2)22(24-14-12-23-13-15-24)18-8-6-7-9-19(18)25-3/h6-11,16,22-23H,4-5,12-15H2,1-3H3. The van der Waals surface area contributed by atoms with Gasteiger partial charge in [0.15, 0.2) is 11.5 Å². The Kier molecular flexibility index (Phi) is 6.96. The maximum Gasteiger partial charge on any atom is 0.161 e. The normalized spacial score (nSPS) is 16.0. The van der Waals surface area contributed by atoms with E-state index in [4.69, 9.17) is 14.2 Å². The van der Waals surface area contributed by atoms with E-state index in [1.807, 2.05) is 32.0 Å². The van der Waals surface area contributed by atoms with Crippen LogP contribution >= 0.6 is 0 Å². The van der Waals surface area contributed by atoms with Crippen LogP contribution in [0.1, 0.15) is 31.0 Å². The van der Waals surface area contributed by atoms with Crippen LogP contribution < -0.4 is 19.5 Å². The van der Waals surface area contributed by atoms with Gasteiger partial charge in [0.25, 0.3) is 0 Å². The van der Waals surface area contributed by atoms with Crippen LogP contribution in [-0.2, 0) is 0 Å². The summed E-state index contributed by atoms with van der Waals surface area (Å²) in [5.74, 6) is 2.50. The first-order valence-corrected chi connectivity index (χ1v) is 9.75. The van der Waals surface area contributed by atoms with Crippen molar-refractivity contribution in [3.63, 3.8) is 0 Å². The van der Waals surface area contributed by atoms with Gasteiger partial charge in [-0.1, -0.05) is 24.3 Å². The van der Waals surface area contributed by atoms with Crippen LogP contribution in [0.5, 0.6) is 17.2 Å². The van der Waals surface area contributed by atoms with Crippen molar-refractivity contribution in [3.05, 3.63) is 53.6 Å². The molecule has 5 nitrogen and oxygen atoms in total. The van der Waals surface area contributed by atoms with Gasteiger partial charge in [0.05, 0.1) is 26.4 Å². The molecular formula is C22H30N2O3. The summed E-state index contributed by atoms with van der Waals surface area (Å²) in [6, 6.07) is 14.7. The third-order valence-corrected chi connectivity index (χ3v) is 4.83. The number of hydrogen-bond donors (Lipinski definition) is 1. The van der Waals surface area contributed by atoms with Crippen molar-refractivity contribution in [1.29, 1.82) is 0 Å². The maximum atomic E-state index is 5.87. The Bertz CT molecular complexity index is 729. The Hall–Kier alpha value is -2.24. The third kappa shape index (κ3) is 4.54. The second-order valence-corrected chi connectivity index (χ2v) is 6.50. The largest absolute Gasteiger partial charge is 0.496 e. The lowest BCUT2D eigenvalue weighted by atomic mass is 9.95. The summed E-state index contributed by atoms with van der Waals surface area (Å²) < 4.78 is 17.3. The quantitative estimate of drug-likeness (QED) is 0.771. The molecule has 5 heteroatoms. The average Bonchev–Trinajstić information content (AvgIpc) is 2.71. The van der Waals surface area contributed by atoms with Crippen molar-refractivity contribution < 1.29 is 14.2 Å². The SMILES string of the molecule is CCOc1ccc(C(c2ccccc2OC)N2CCNCC2)cc1OCC. The fraction of sp³-hybridized carbons (Fsp3) is 0.455. The number of rotatable bonds is 8. The molecule has 0 spiro atoms. The number of methoxy groups -OCH3 is 1. The van der Waals surface area contributed by atoms with Gasteiger partial charge in [-0.15, -0.1) is 0 Å². The van der Waals surface area contributed by atoms with Crippen molar-refractivity contribution in [3.8, 4) is 17.2 Å². The van der Waals surface area contributed by atoms with E-state index < -0.39 is 0 Å². The molecule has 1 aliphatic rings. The van der Waals surface area contributed by atoms with Crippen LogP contribution in [0.15, 0.2) is 42.5 Å². The fourth-order valence-electron chi connectivity index (χ4n) is 3.66. The van der Waals surface area contributed by atoms with E-state index in [1.54, 1.807) is 7.11 Å². The molecule has 0 aliphatic carbocycles. The highest BCUT2D eigenvalue weighted by Gasteiger charge is 2.27. The smallest absolute Gasteiger partial charge is 0.161 e. The van der Waals surface area contributed by atoms with Crippen molar-refractivity contribution in [2.45, 2.75) is 19.9 Å². The first-order valence-electron chi connectivity index (χ1n) is 9.75. The van der Waals surface area contributed by atoms with Crippen LogP contribution in [0.2, 0.25) is 0 Å². The molecule has 1 N–H and O–H groups in total. The Morgan fingerprint density at radius 1 is 0.926 bits per heavy atom. The third-order valence-electron chi connectivity index (χ3n) is 4.83. The molecule has 0 saturated carbocycles. The van der Waals surface area contributed by atoms with Gasteiger partial charge in [0, 0.05) is 31.7 Å². The van der Waals surface area contributed by atoms with Gasteiger partial charge in [0.1, 0.15) is 5.75 Å². The minimum atomic E-state index is 0.109. The lowest BCUT2D eigenvalue weighted by Crippen LogP contribution is -2.45. The van der Waals surface area contributed by atoms with Crippen LogP contribution in [0, 0.1) is 0 Å². The fourth-order valence-corrected chi connectivity index (χ4v) is 3.66. The van der Waals surface area contributed by atoms with Gasteiger partial charge in [-0.3, -0.25) is 4.90 Å². The predicted octanol–water partition coefficient (Wildman–Crippen LogP) is 3.49. The van der Waals surface area contributed by atoms with E-state index >= 15 is 0 Å². The molecule has 1 fully saturated rings. The average molecular weight is 370 g/mol. The van der Waals surface area contributed by atoms with Crippen molar-refractivity contribution in [1.82, 2.24) is 10.2 Å². The molecule has 146 valence electrons. The topological polar surface area (TPSA) is 43.0 Å². The molecule has 1 unspecified atom stereocenters. The highest BCUT2D eigenvalue weighted by molar-refractivity contribution is 5.48. The molecule has 0 bridgehead atoms. The summed E-state index contributed by atoms with van der Waals surface area (Å²) in [6.45, 7) is 9.16. The van der Waals surface area contributed by atoms with Gasteiger partial charge in [0.2, 0.25) is 0 Å². The maximum absolute atomic E-state index is 5.87. The van der Waals surface area contributed by atoms with Crippen molar-refractivity contribution in [2.75, 3.05) is 46.5 Å². The van der Waals surface area contributed by atoms with Gasteiger partial charge in [-0.05, 0) is 37.6 Å². The molecule has 0 radical (unpaired) electrons. The van der Waals surface area contributed by atoms with E-state index in [-0.39, 0.29) is 6.04 Å². The van der Waals surface area contributed by atoms with Gasteiger partial charge in [-0.25, -0.2) is 0 Å². The van der Waals surface area contributed by atoms with E-state index in [2.05, 4.69) is 34.5 Å². The van der Waals surface area contributed by atoms with Crippen LogP contribution in [-0.4, -0.2) is 51.4 Å². The van der Waals surface area contributed by atoms with Crippen LogP contribution in [0.25, 0.3) is 0 Å². The van der Waals surface area contributed by atoms with Crippen LogP contribution in [0.3, 0.4) is 0 Å². The number of piperazine rings is 1. The Balaban J connectivity index is 2.05. The van der Waals surface area contributed by atoms with E-state index in [0.29, 0.717) is 13.2 Å². The minimum absolute atomic E-state index is 0.109. The first kappa shape index (κ1) is 19.5. The second-order valence-electron chi connectivity index (χ2n) is 6.50. The zero-order chi connectivity index (χ0) is 19.1. The van der Waals surface area contributed by atoms with Gasteiger partial charge >= 0.3 is 0 Å². The zero-order valence-electron chi connectivity index (χ0n) is 16.5. The van der Waals surface area contributed by atoms with E-state index in [1.165, 1.54) is 11.1 Å². The van der Waals surface area contributed by atoms with Crippen molar-refractivity contribution >= 4 is 0 Å². The second kappa shape index (κ2) is 9.62. The minimum Gasteiger partial charge on any atom is -0.496 e. The molecule has 1 saturated heterocycles. The zero-order valence-corrected chi connectivity index (χ0v) is 16.5. The van der Waals surface area contributed by atoms with E-state index in [0.717, 1.165) is 43.4 Å². The number of para-hydroxylation sites is 1. The summed E-state index contributed by atoms with van der Waals surface area (Å²) in [5.41, 5.74) is 2.36. The lowest BCUT2D eigenvalue weighted by Gasteiger charge is -2.36. The molecule has 0 aromatic heterocycles. The number of ether oxygens (including phenoxy) is 3. The molecule has 1 heterocycles. The molecule has 3 rings (SSSR count). The molecule has 1 atom stereocenters. The predicted molar refractivity (Wildman–Crippen MR) is 108 cm³/mol. The number of hydrogen-bond acceptors (Lipinski definition) is 5. The summed E-state index contributed by atoms with van der Waals surface area (Å²) in [5, 5.41) is 3.44. The first-order chi connectivity index (χ1) is 13.3. The molecule has 1 aliphatic heterocycles. The summed E-state index contributed by atoms with van der Waals surface area (Å²) in [6.07, 6.45) is 0. The molecule has 0 amide bonds. The van der Waals surface area contributed by atoms with Crippen LogP contribution in [0.4, 0.5) is 0 Å². The number of nitrogens with one attached hydrogen (secondary N) is 1. The van der Waals surface area contributed by atoms with E-state index in [9.17, 15) is 0 Å². The lowest BCUT2D eigenvalue weighted by molar-refractivity contribution is 0.195. The highest BCUT2D eigenvalue weighted by atomic mass is 16.5. The molecule has 2 aromatic carbocycles. The van der Waals surface area contributed by atoms with Gasteiger partial charge < -0.3 is 19.5 Å². The van der Waals surface area contributed by atoms with Gasteiger partial charge in [-0.2, -0.15) is 0 Å².